The van der Waals surface area contributed by atoms with Crippen LogP contribution in [0.5, 0.6) is 0 Å². The quantitative estimate of drug-likeness (QED) is 0.396. The normalized spacial score (nSPS) is 10.7. The van der Waals surface area contributed by atoms with Gasteiger partial charge in [-0.25, -0.2) is 0 Å². The van der Waals surface area contributed by atoms with Gasteiger partial charge < -0.3 is 10.6 Å². The van der Waals surface area contributed by atoms with E-state index in [-0.39, 0.29) is 5.91 Å². The van der Waals surface area contributed by atoms with E-state index in [9.17, 15) is 4.79 Å². The second-order valence-electron chi connectivity index (χ2n) is 6.00. The molecule has 0 saturated carbocycles. The van der Waals surface area contributed by atoms with Crippen LogP contribution in [-0.2, 0) is 17.6 Å². The number of carbonyl (C=O) groups excluding carboxylic acids is 1. The number of thioether (sulfide) groups is 1. The summed E-state index contributed by atoms with van der Waals surface area (Å²) in [6.45, 7) is 4.19. The zero-order valence-corrected chi connectivity index (χ0v) is 18.9. The number of nitrogens with zero attached hydrogens (tertiary/aromatic N) is 2. The van der Waals surface area contributed by atoms with Crippen molar-refractivity contribution in [2.45, 2.75) is 31.0 Å². The van der Waals surface area contributed by atoms with Crippen molar-refractivity contribution in [2.75, 3.05) is 16.4 Å². The Kier molecular flexibility index (Phi) is 7.47. The van der Waals surface area contributed by atoms with E-state index < -0.39 is 0 Å². The van der Waals surface area contributed by atoms with Crippen LogP contribution in [0.25, 0.3) is 0 Å². The summed E-state index contributed by atoms with van der Waals surface area (Å²) >= 11 is 6.27. The van der Waals surface area contributed by atoms with Crippen molar-refractivity contribution in [3.8, 4) is 0 Å². The third-order valence-corrected chi connectivity index (χ3v) is 6.54. The maximum Gasteiger partial charge on any atom is 0.234 e. The largest absolute Gasteiger partial charge is 0.330 e. The predicted molar refractivity (Wildman–Crippen MR) is 122 cm³/mol. The Balaban J connectivity index is 1.58. The van der Waals surface area contributed by atoms with Crippen molar-refractivity contribution < 1.29 is 4.79 Å². The Hall–Kier alpha value is -1.90. The Morgan fingerprint density at radius 2 is 1.82 bits per heavy atom. The van der Waals surface area contributed by atoms with Crippen LogP contribution in [0.2, 0.25) is 0 Å². The number of nitrogens with one attached hydrogen (secondary N) is 2. The van der Waals surface area contributed by atoms with Gasteiger partial charge in [0.2, 0.25) is 11.0 Å². The molecule has 28 heavy (non-hydrogen) atoms. The number of aryl methyl sites for hydroxylation is 2. The maximum absolute atomic E-state index is 12.5. The van der Waals surface area contributed by atoms with E-state index in [2.05, 4.69) is 62.7 Å². The van der Waals surface area contributed by atoms with Gasteiger partial charge in [-0.1, -0.05) is 77.1 Å². The molecule has 2 N–H and O–H groups in total. The van der Waals surface area contributed by atoms with E-state index in [1.807, 2.05) is 30.3 Å². The molecule has 146 valence electrons. The molecule has 8 heteroatoms. The highest BCUT2D eigenvalue weighted by molar-refractivity contribution is 9.10. The van der Waals surface area contributed by atoms with Crippen LogP contribution in [0, 0.1) is 0 Å². The van der Waals surface area contributed by atoms with Crippen LogP contribution >= 0.6 is 39.0 Å². The van der Waals surface area contributed by atoms with Crippen LogP contribution in [0.1, 0.15) is 25.0 Å². The Labute approximate surface area is 181 Å². The molecule has 0 aliphatic carbocycles. The molecule has 2 aromatic carbocycles. The molecule has 0 fully saturated rings. The molecule has 1 aromatic heterocycles. The highest BCUT2D eigenvalue weighted by Gasteiger charge is 2.12. The lowest BCUT2D eigenvalue weighted by molar-refractivity contribution is -0.113. The number of anilines is 3. The number of benzene rings is 2. The summed E-state index contributed by atoms with van der Waals surface area (Å²) in [6.07, 6.45) is 1.77. The van der Waals surface area contributed by atoms with Crippen molar-refractivity contribution >= 4 is 61.4 Å². The molecule has 3 rings (SSSR count). The predicted octanol–water partition coefficient (Wildman–Crippen LogP) is 5.90. The van der Waals surface area contributed by atoms with E-state index >= 15 is 0 Å². The number of para-hydroxylation sites is 1. The van der Waals surface area contributed by atoms with Crippen LogP contribution in [0.4, 0.5) is 16.5 Å². The van der Waals surface area contributed by atoms with Crippen molar-refractivity contribution in [3.63, 3.8) is 0 Å². The van der Waals surface area contributed by atoms with Gasteiger partial charge >= 0.3 is 0 Å². The lowest BCUT2D eigenvalue weighted by atomic mass is 10.0. The molecule has 5 nitrogen and oxygen atoms in total. The van der Waals surface area contributed by atoms with E-state index in [0.29, 0.717) is 10.9 Å². The highest BCUT2D eigenvalue weighted by Crippen LogP contribution is 2.29. The minimum Gasteiger partial charge on any atom is -0.330 e. The van der Waals surface area contributed by atoms with Gasteiger partial charge in [0.15, 0.2) is 4.34 Å². The van der Waals surface area contributed by atoms with Crippen molar-refractivity contribution in [1.29, 1.82) is 0 Å². The highest BCUT2D eigenvalue weighted by atomic mass is 79.9. The number of halogens is 1. The summed E-state index contributed by atoms with van der Waals surface area (Å²) in [7, 11) is 0. The molecular formula is C20H21BrN4OS2. The van der Waals surface area contributed by atoms with E-state index in [0.717, 1.165) is 44.2 Å². The summed E-state index contributed by atoms with van der Waals surface area (Å²) in [6, 6.07) is 14.0. The first kappa shape index (κ1) is 20.8. The minimum absolute atomic E-state index is 0.0303. The van der Waals surface area contributed by atoms with Gasteiger partial charge in [-0.2, -0.15) is 0 Å². The summed E-state index contributed by atoms with van der Waals surface area (Å²) in [5.41, 5.74) is 4.21. The smallest absolute Gasteiger partial charge is 0.234 e. The van der Waals surface area contributed by atoms with Gasteiger partial charge in [0.25, 0.3) is 0 Å². The average Bonchev–Trinajstić information content (AvgIpc) is 3.14. The molecule has 1 heterocycles. The topological polar surface area (TPSA) is 66.9 Å². The van der Waals surface area contributed by atoms with Crippen LogP contribution in [0.3, 0.4) is 0 Å². The molecule has 3 aromatic rings. The average molecular weight is 477 g/mol. The number of aromatic nitrogens is 2. The number of carbonyl (C=O) groups is 1. The van der Waals surface area contributed by atoms with Crippen LogP contribution in [0.15, 0.2) is 51.3 Å². The second kappa shape index (κ2) is 10.0. The zero-order valence-electron chi connectivity index (χ0n) is 15.7. The number of amides is 1. The first-order chi connectivity index (χ1) is 13.6. The molecule has 0 radical (unpaired) electrons. The van der Waals surface area contributed by atoms with Gasteiger partial charge in [0, 0.05) is 15.8 Å². The fourth-order valence-corrected chi connectivity index (χ4v) is 4.69. The molecule has 0 unspecified atom stereocenters. The number of rotatable bonds is 8. The van der Waals surface area contributed by atoms with Crippen LogP contribution < -0.4 is 10.6 Å². The molecule has 1 amide bonds. The molecule has 0 aliphatic rings. The lowest BCUT2D eigenvalue weighted by Gasteiger charge is -2.14. The summed E-state index contributed by atoms with van der Waals surface area (Å²) < 4.78 is 1.75. The van der Waals surface area contributed by atoms with E-state index in [1.165, 1.54) is 23.1 Å². The standard InChI is InChI=1S/C20H21BrN4OS2/c1-3-13-7-5-8-14(4-2)18(13)23-17(26)12-27-20-25-24-19(28-20)22-16-10-6-9-15(21)11-16/h5-11H,3-4,12H2,1-2H3,(H,22,24)(H,23,26). The van der Waals surface area contributed by atoms with Gasteiger partial charge in [-0.15, -0.1) is 10.2 Å². The Morgan fingerprint density at radius 1 is 1.11 bits per heavy atom. The van der Waals surface area contributed by atoms with Gasteiger partial charge in [-0.3, -0.25) is 4.79 Å². The van der Waals surface area contributed by atoms with E-state index in [4.69, 9.17) is 0 Å². The van der Waals surface area contributed by atoms with Gasteiger partial charge in [0.1, 0.15) is 0 Å². The number of hydrogen-bond donors (Lipinski definition) is 2. The second-order valence-corrected chi connectivity index (χ2v) is 9.12. The van der Waals surface area contributed by atoms with Gasteiger partial charge in [0.05, 0.1) is 5.75 Å². The zero-order chi connectivity index (χ0) is 19.9. The lowest BCUT2D eigenvalue weighted by Crippen LogP contribution is -2.16. The molecule has 0 spiro atoms. The SMILES string of the molecule is CCc1cccc(CC)c1NC(=O)CSc1nnc(Nc2cccc(Br)c2)s1. The van der Waals surface area contributed by atoms with Crippen molar-refractivity contribution in [2.24, 2.45) is 0 Å². The molecular weight excluding hydrogens is 456 g/mol. The molecule has 0 atom stereocenters. The van der Waals surface area contributed by atoms with Crippen LogP contribution in [-0.4, -0.2) is 21.9 Å². The van der Waals surface area contributed by atoms with Crippen molar-refractivity contribution in [1.82, 2.24) is 10.2 Å². The fraction of sp³-hybridized carbons (Fsp3) is 0.250. The first-order valence-corrected chi connectivity index (χ1v) is 11.6. The van der Waals surface area contributed by atoms with Crippen molar-refractivity contribution in [3.05, 3.63) is 58.1 Å². The number of hydrogen-bond acceptors (Lipinski definition) is 6. The summed E-state index contributed by atoms with van der Waals surface area (Å²) in [4.78, 5) is 12.5. The summed E-state index contributed by atoms with van der Waals surface area (Å²) in [5.74, 6) is 0.268. The van der Waals surface area contributed by atoms with E-state index in [1.54, 1.807) is 0 Å². The molecule has 0 saturated heterocycles. The third kappa shape index (κ3) is 5.56. The Bertz CT molecular complexity index is 939. The molecule has 0 bridgehead atoms. The first-order valence-electron chi connectivity index (χ1n) is 8.98. The fourth-order valence-electron chi connectivity index (χ4n) is 2.71. The Morgan fingerprint density at radius 3 is 2.50 bits per heavy atom. The molecule has 0 aliphatic heterocycles. The minimum atomic E-state index is -0.0303. The summed E-state index contributed by atoms with van der Waals surface area (Å²) in [5, 5.41) is 15.3. The monoisotopic (exact) mass is 476 g/mol. The van der Waals surface area contributed by atoms with Gasteiger partial charge in [-0.05, 0) is 42.2 Å². The maximum atomic E-state index is 12.5. The third-order valence-electron chi connectivity index (χ3n) is 4.07.